The highest BCUT2D eigenvalue weighted by atomic mass is 32.2. The van der Waals surface area contributed by atoms with E-state index in [0.717, 1.165) is 16.7 Å². The first kappa shape index (κ1) is 23.3. The van der Waals surface area contributed by atoms with Crippen molar-refractivity contribution < 1.29 is 18.5 Å². The third kappa shape index (κ3) is 4.91. The van der Waals surface area contributed by atoms with Crippen LogP contribution in [0.15, 0.2) is 54.9 Å². The number of para-hydroxylation sites is 1. The van der Waals surface area contributed by atoms with Crippen molar-refractivity contribution in [1.82, 2.24) is 10.2 Å². The van der Waals surface area contributed by atoms with Gasteiger partial charge in [0, 0.05) is 14.1 Å². The lowest BCUT2D eigenvalue weighted by Crippen LogP contribution is -2.37. The predicted octanol–water partition coefficient (Wildman–Crippen LogP) is 3.48. The molecule has 2 heterocycles. The molecule has 170 valence electrons. The van der Waals surface area contributed by atoms with E-state index in [1.165, 1.54) is 11.0 Å². The molecule has 1 aromatic carbocycles. The third-order valence-corrected chi connectivity index (χ3v) is 5.70. The first-order valence-electron chi connectivity index (χ1n) is 9.94. The van der Waals surface area contributed by atoms with Gasteiger partial charge in [0.05, 0.1) is 17.5 Å². The Morgan fingerprint density at radius 1 is 1.19 bits per heavy atom. The minimum atomic E-state index is -1.83. The predicted molar refractivity (Wildman–Crippen MR) is 126 cm³/mol. The number of hydrogen-bond donors (Lipinski definition) is 3. The lowest BCUT2D eigenvalue weighted by atomic mass is 10.0. The maximum Gasteiger partial charge on any atom is 0.269 e. The van der Waals surface area contributed by atoms with Crippen LogP contribution < -0.4 is 10.6 Å². The molecule has 1 aliphatic heterocycles. The van der Waals surface area contributed by atoms with Crippen molar-refractivity contribution in [3.05, 3.63) is 58.6 Å². The summed E-state index contributed by atoms with van der Waals surface area (Å²) in [6.07, 6.45) is 1.66. The van der Waals surface area contributed by atoms with E-state index in [4.69, 9.17) is 4.42 Å². The molecule has 3 N–H and O–H groups in total. The fourth-order valence-corrected chi connectivity index (χ4v) is 3.67. The molecule has 0 aliphatic carbocycles. The molecule has 3 rings (SSSR count). The number of nitrogens with zero attached hydrogens (tertiary/aromatic N) is 3. The van der Waals surface area contributed by atoms with Crippen molar-refractivity contribution in [1.29, 1.82) is 0 Å². The monoisotopic (exact) mass is 457 g/mol. The number of aromatic hydroxyl groups is 1. The van der Waals surface area contributed by atoms with E-state index in [9.17, 15) is 14.1 Å². The molecule has 2 aromatic rings. The highest BCUT2D eigenvalue weighted by Crippen LogP contribution is 2.30. The van der Waals surface area contributed by atoms with Gasteiger partial charge in [0.15, 0.2) is 17.4 Å². The Labute approximate surface area is 189 Å². The number of allylic oxidation sites excluding steroid dienone is 1. The molecule has 0 saturated carbocycles. The summed E-state index contributed by atoms with van der Waals surface area (Å²) in [6.45, 7) is 7.90. The van der Waals surface area contributed by atoms with Gasteiger partial charge in [-0.3, -0.25) is 4.79 Å². The normalized spacial score (nSPS) is 16.1. The van der Waals surface area contributed by atoms with E-state index in [1.807, 2.05) is 33.8 Å². The lowest BCUT2D eigenvalue weighted by molar-refractivity contribution is 0.0824. The molecular formula is C22H27N5O4S. The summed E-state index contributed by atoms with van der Waals surface area (Å²) in [7, 11) is 3.20. The van der Waals surface area contributed by atoms with E-state index in [2.05, 4.69) is 19.4 Å². The zero-order chi connectivity index (χ0) is 23.6. The zero-order valence-corrected chi connectivity index (χ0v) is 19.7. The molecule has 2 unspecified atom stereocenters. The number of benzene rings is 1. The average molecular weight is 458 g/mol. The Kier molecular flexibility index (Phi) is 6.83. The highest BCUT2D eigenvalue weighted by molar-refractivity contribution is 7.83. The van der Waals surface area contributed by atoms with Crippen LogP contribution in [-0.2, 0) is 11.2 Å². The molecule has 0 spiro atoms. The Morgan fingerprint density at radius 2 is 1.88 bits per heavy atom. The second-order valence-corrected chi connectivity index (χ2v) is 8.75. The quantitative estimate of drug-likeness (QED) is 0.467. The fraction of sp³-hybridized carbons (Fsp3) is 0.318. The molecule has 0 fully saturated rings. The zero-order valence-electron chi connectivity index (χ0n) is 18.9. The van der Waals surface area contributed by atoms with Gasteiger partial charge in [-0.2, -0.15) is 0 Å². The van der Waals surface area contributed by atoms with Crippen LogP contribution in [-0.4, -0.2) is 45.9 Å². The SMILES string of the molecule is CC(C)=C(C)C(NC1=NS(=O)N=C1Nc1cccc(C(=O)N(C)C)c1O)c1cc(C)co1. The van der Waals surface area contributed by atoms with Crippen LogP contribution in [0.25, 0.3) is 0 Å². The van der Waals surface area contributed by atoms with Crippen LogP contribution >= 0.6 is 0 Å². The minimum absolute atomic E-state index is 0.135. The molecule has 2 atom stereocenters. The van der Waals surface area contributed by atoms with Crippen LogP contribution in [0, 0.1) is 6.92 Å². The average Bonchev–Trinajstić information content (AvgIpc) is 3.31. The standard InChI is InChI=1S/C22H27N5O4S/c1-12(2)14(4)18(17-10-13(3)11-31-17)24-21-20(25-32(30)26-21)23-16-9-7-8-15(19(16)28)22(29)27(5)6/h7-11,18,28H,1-6H3,(H,23,25)(H,24,26). The molecule has 0 saturated heterocycles. The molecule has 0 radical (unpaired) electrons. The minimum Gasteiger partial charge on any atom is -0.505 e. The molecular weight excluding hydrogens is 430 g/mol. The van der Waals surface area contributed by atoms with Crippen molar-refractivity contribution in [3.8, 4) is 5.75 Å². The van der Waals surface area contributed by atoms with Crippen LogP contribution in [0.3, 0.4) is 0 Å². The maximum atomic E-state index is 12.3. The van der Waals surface area contributed by atoms with Crippen LogP contribution in [0.5, 0.6) is 5.75 Å². The van der Waals surface area contributed by atoms with Gasteiger partial charge in [0.25, 0.3) is 17.1 Å². The van der Waals surface area contributed by atoms with E-state index in [0.29, 0.717) is 5.76 Å². The van der Waals surface area contributed by atoms with Gasteiger partial charge in [-0.15, -0.1) is 8.80 Å². The Balaban J connectivity index is 1.91. The van der Waals surface area contributed by atoms with Gasteiger partial charge >= 0.3 is 0 Å². The van der Waals surface area contributed by atoms with Crippen LogP contribution in [0.4, 0.5) is 5.69 Å². The summed E-state index contributed by atoms with van der Waals surface area (Å²) in [5, 5.41) is 16.8. The van der Waals surface area contributed by atoms with Crippen molar-refractivity contribution in [2.75, 3.05) is 19.4 Å². The second kappa shape index (κ2) is 9.39. The van der Waals surface area contributed by atoms with Gasteiger partial charge in [-0.25, -0.2) is 4.21 Å². The van der Waals surface area contributed by atoms with Gasteiger partial charge in [0.1, 0.15) is 11.8 Å². The number of rotatable bonds is 5. The molecule has 9 nitrogen and oxygen atoms in total. The van der Waals surface area contributed by atoms with Gasteiger partial charge in [0.2, 0.25) is 0 Å². The van der Waals surface area contributed by atoms with Crippen molar-refractivity contribution >= 4 is 34.4 Å². The van der Waals surface area contributed by atoms with Crippen molar-refractivity contribution in [2.24, 2.45) is 8.80 Å². The number of furan rings is 1. The maximum absolute atomic E-state index is 12.3. The van der Waals surface area contributed by atoms with Crippen LogP contribution in [0.1, 0.15) is 48.5 Å². The van der Waals surface area contributed by atoms with Crippen molar-refractivity contribution in [2.45, 2.75) is 33.7 Å². The number of hydrogen-bond acceptors (Lipinski definition) is 6. The van der Waals surface area contributed by atoms with Crippen molar-refractivity contribution in [3.63, 3.8) is 0 Å². The van der Waals surface area contributed by atoms with E-state index in [1.54, 1.807) is 32.5 Å². The second-order valence-electron chi connectivity index (χ2n) is 7.92. The topological polar surface area (TPSA) is 120 Å². The summed E-state index contributed by atoms with van der Waals surface area (Å²) in [6, 6.07) is 6.32. The molecule has 1 amide bonds. The number of amidine groups is 2. The summed E-state index contributed by atoms with van der Waals surface area (Å²) in [4.78, 5) is 13.7. The molecule has 1 aromatic heterocycles. The summed E-state index contributed by atoms with van der Waals surface area (Å²) in [5.41, 5.74) is 3.46. The molecule has 32 heavy (non-hydrogen) atoms. The van der Waals surface area contributed by atoms with Gasteiger partial charge in [-0.05, 0) is 57.0 Å². The van der Waals surface area contributed by atoms with Gasteiger partial charge < -0.3 is 25.1 Å². The summed E-state index contributed by atoms with van der Waals surface area (Å²) < 4.78 is 25.9. The number of aryl methyl sites for hydroxylation is 1. The number of phenolic OH excluding ortho intramolecular Hbond substituents is 1. The van der Waals surface area contributed by atoms with E-state index in [-0.39, 0.29) is 40.6 Å². The number of carbonyl (C=O) groups excluding carboxylic acids is 1. The number of carbonyl (C=O) groups is 1. The summed E-state index contributed by atoms with van der Waals surface area (Å²) in [5.74, 6) is 0.546. The molecule has 0 bridgehead atoms. The summed E-state index contributed by atoms with van der Waals surface area (Å²) >= 11 is -1.83. The number of amides is 1. The third-order valence-electron chi connectivity index (χ3n) is 5.03. The smallest absolute Gasteiger partial charge is 0.269 e. The first-order chi connectivity index (χ1) is 15.1. The van der Waals surface area contributed by atoms with Crippen LogP contribution in [0.2, 0.25) is 0 Å². The van der Waals surface area contributed by atoms with E-state index >= 15 is 0 Å². The highest BCUT2D eigenvalue weighted by Gasteiger charge is 2.27. The van der Waals surface area contributed by atoms with Gasteiger partial charge in [-0.1, -0.05) is 11.6 Å². The molecule has 1 aliphatic rings. The fourth-order valence-electron chi connectivity index (χ4n) is 3.05. The van der Waals surface area contributed by atoms with E-state index < -0.39 is 11.2 Å². The Morgan fingerprint density at radius 3 is 2.47 bits per heavy atom. The largest absolute Gasteiger partial charge is 0.505 e. The lowest BCUT2D eigenvalue weighted by Gasteiger charge is -2.21. The molecule has 10 heteroatoms. The number of phenols is 1. The number of anilines is 1. The Hall–Kier alpha value is -3.40. The Bertz CT molecular complexity index is 1160. The number of nitrogens with one attached hydrogen (secondary N) is 2. The first-order valence-corrected chi connectivity index (χ1v) is 11.0.